The Bertz CT molecular complexity index is 290. The highest BCUT2D eigenvalue weighted by Gasteiger charge is 2.40. The third kappa shape index (κ3) is 3.02. The summed E-state index contributed by atoms with van der Waals surface area (Å²) in [4.78, 5) is 12.5. The van der Waals surface area contributed by atoms with Gasteiger partial charge in [-0.25, -0.2) is 0 Å². The quantitative estimate of drug-likeness (QED) is 0.824. The zero-order chi connectivity index (χ0) is 13.0. The molecule has 3 nitrogen and oxygen atoms in total. The van der Waals surface area contributed by atoms with Crippen LogP contribution in [0.1, 0.15) is 51.4 Å². The molecule has 2 rings (SSSR count). The van der Waals surface area contributed by atoms with Gasteiger partial charge in [0.05, 0.1) is 5.41 Å². The van der Waals surface area contributed by atoms with Crippen LogP contribution >= 0.6 is 11.8 Å². The van der Waals surface area contributed by atoms with E-state index in [0.717, 1.165) is 43.8 Å². The number of nitrogens with one attached hydrogen (secondary N) is 1. The van der Waals surface area contributed by atoms with E-state index in [4.69, 9.17) is 5.73 Å². The Kier molecular flexibility index (Phi) is 4.96. The standard InChI is InChI=1S/C14H26N2OS/c1-18-12-6-4-5-11(9-12)16-13(17)14(10-15)7-2-3-8-14/h11-12H,2-10,15H2,1H3,(H,16,17). The van der Waals surface area contributed by atoms with Crippen molar-refractivity contribution in [1.82, 2.24) is 5.32 Å². The third-order valence-corrected chi connectivity index (χ3v) is 5.82. The topological polar surface area (TPSA) is 55.1 Å². The predicted molar refractivity (Wildman–Crippen MR) is 77.7 cm³/mol. The average Bonchev–Trinajstić information content (AvgIpc) is 2.89. The van der Waals surface area contributed by atoms with Crippen LogP contribution < -0.4 is 11.1 Å². The van der Waals surface area contributed by atoms with Crippen molar-refractivity contribution in [3.05, 3.63) is 0 Å². The monoisotopic (exact) mass is 270 g/mol. The summed E-state index contributed by atoms with van der Waals surface area (Å²) in [6, 6.07) is 0.382. The van der Waals surface area contributed by atoms with Crippen LogP contribution in [0.2, 0.25) is 0 Å². The molecule has 0 aromatic heterocycles. The van der Waals surface area contributed by atoms with Crippen molar-refractivity contribution >= 4 is 17.7 Å². The van der Waals surface area contributed by atoms with Gasteiger partial charge in [-0.1, -0.05) is 19.3 Å². The molecule has 2 fully saturated rings. The molecule has 2 aliphatic rings. The van der Waals surface area contributed by atoms with Crippen molar-refractivity contribution in [3.63, 3.8) is 0 Å². The van der Waals surface area contributed by atoms with Gasteiger partial charge >= 0.3 is 0 Å². The van der Waals surface area contributed by atoms with E-state index in [-0.39, 0.29) is 11.3 Å². The Hall–Kier alpha value is -0.220. The number of hydrogen-bond donors (Lipinski definition) is 2. The van der Waals surface area contributed by atoms with Gasteiger partial charge in [0.25, 0.3) is 0 Å². The highest BCUT2D eigenvalue weighted by atomic mass is 32.2. The van der Waals surface area contributed by atoms with Crippen LogP contribution in [0.3, 0.4) is 0 Å². The third-order valence-electron chi connectivity index (χ3n) is 4.73. The molecular formula is C14H26N2OS. The lowest BCUT2D eigenvalue weighted by Gasteiger charge is -2.33. The molecule has 1 amide bonds. The Morgan fingerprint density at radius 1 is 1.33 bits per heavy atom. The Balaban J connectivity index is 1.90. The van der Waals surface area contributed by atoms with Crippen LogP contribution in [-0.4, -0.2) is 30.0 Å². The number of carbonyl (C=O) groups excluding carboxylic acids is 1. The number of hydrogen-bond acceptors (Lipinski definition) is 3. The normalized spacial score (nSPS) is 31.2. The number of thioether (sulfide) groups is 1. The number of rotatable bonds is 4. The second-order valence-corrected chi connectivity index (χ2v) is 7.02. The van der Waals surface area contributed by atoms with Crippen LogP contribution in [0.4, 0.5) is 0 Å². The van der Waals surface area contributed by atoms with E-state index >= 15 is 0 Å². The minimum Gasteiger partial charge on any atom is -0.353 e. The van der Waals surface area contributed by atoms with E-state index in [1.54, 1.807) is 0 Å². The van der Waals surface area contributed by atoms with Crippen molar-refractivity contribution in [2.45, 2.75) is 62.7 Å². The molecule has 0 spiro atoms. The predicted octanol–water partition coefficient (Wildman–Crippen LogP) is 2.30. The fourth-order valence-corrected chi connectivity index (χ4v) is 4.23. The first-order chi connectivity index (χ1) is 8.70. The van der Waals surface area contributed by atoms with Crippen molar-refractivity contribution in [2.24, 2.45) is 11.1 Å². The molecular weight excluding hydrogens is 244 g/mol. The molecule has 0 aromatic carbocycles. The maximum absolute atomic E-state index is 12.5. The van der Waals surface area contributed by atoms with Gasteiger partial charge in [-0.05, 0) is 38.4 Å². The second kappa shape index (κ2) is 6.29. The maximum Gasteiger partial charge on any atom is 0.227 e. The van der Waals surface area contributed by atoms with Gasteiger partial charge in [-0.15, -0.1) is 0 Å². The van der Waals surface area contributed by atoms with Gasteiger partial charge in [0, 0.05) is 17.8 Å². The lowest BCUT2D eigenvalue weighted by Crippen LogP contribution is -2.49. The van der Waals surface area contributed by atoms with E-state index < -0.39 is 0 Å². The van der Waals surface area contributed by atoms with Crippen LogP contribution in [-0.2, 0) is 4.79 Å². The molecule has 0 aromatic rings. The van der Waals surface area contributed by atoms with Gasteiger partial charge in [0.2, 0.25) is 5.91 Å². The van der Waals surface area contributed by atoms with Gasteiger partial charge in [-0.2, -0.15) is 11.8 Å². The highest BCUT2D eigenvalue weighted by Crippen LogP contribution is 2.38. The number of carbonyl (C=O) groups is 1. The Morgan fingerprint density at radius 2 is 2.06 bits per heavy atom. The first-order valence-electron chi connectivity index (χ1n) is 7.24. The van der Waals surface area contributed by atoms with Crippen LogP contribution in [0.15, 0.2) is 0 Å². The van der Waals surface area contributed by atoms with Crippen LogP contribution in [0, 0.1) is 5.41 Å². The molecule has 2 atom stereocenters. The first-order valence-corrected chi connectivity index (χ1v) is 8.53. The molecule has 2 aliphatic carbocycles. The first kappa shape index (κ1) is 14.2. The Morgan fingerprint density at radius 3 is 2.67 bits per heavy atom. The molecule has 2 saturated carbocycles. The Labute approximate surface area is 115 Å². The molecule has 104 valence electrons. The lowest BCUT2D eigenvalue weighted by atomic mass is 9.84. The fourth-order valence-electron chi connectivity index (χ4n) is 3.40. The molecule has 0 radical (unpaired) electrons. The van der Waals surface area contributed by atoms with E-state index in [2.05, 4.69) is 11.6 Å². The molecule has 0 saturated heterocycles. The SMILES string of the molecule is CSC1CCCC(NC(=O)C2(CN)CCCC2)C1. The van der Waals surface area contributed by atoms with E-state index in [0.29, 0.717) is 12.6 Å². The zero-order valence-corrected chi connectivity index (χ0v) is 12.2. The van der Waals surface area contributed by atoms with E-state index in [1.165, 1.54) is 12.8 Å². The molecule has 4 heteroatoms. The number of nitrogens with two attached hydrogens (primary N) is 1. The van der Waals surface area contributed by atoms with Crippen molar-refractivity contribution in [1.29, 1.82) is 0 Å². The van der Waals surface area contributed by atoms with Gasteiger partial charge in [0.15, 0.2) is 0 Å². The summed E-state index contributed by atoms with van der Waals surface area (Å²) in [6.07, 6.45) is 11.3. The molecule has 2 unspecified atom stereocenters. The summed E-state index contributed by atoms with van der Waals surface area (Å²) in [5, 5.41) is 4.01. The minimum atomic E-state index is -0.244. The summed E-state index contributed by atoms with van der Waals surface area (Å²) in [5.41, 5.74) is 5.62. The summed E-state index contributed by atoms with van der Waals surface area (Å²) in [6.45, 7) is 0.511. The van der Waals surface area contributed by atoms with Crippen molar-refractivity contribution in [3.8, 4) is 0 Å². The second-order valence-electron chi connectivity index (χ2n) is 5.89. The van der Waals surface area contributed by atoms with E-state index in [1.807, 2.05) is 11.8 Å². The average molecular weight is 270 g/mol. The maximum atomic E-state index is 12.5. The molecule has 0 bridgehead atoms. The number of amides is 1. The summed E-state index contributed by atoms with van der Waals surface area (Å²) in [5.74, 6) is 0.231. The summed E-state index contributed by atoms with van der Waals surface area (Å²) < 4.78 is 0. The largest absolute Gasteiger partial charge is 0.353 e. The summed E-state index contributed by atoms with van der Waals surface area (Å²) in [7, 11) is 0. The lowest BCUT2D eigenvalue weighted by molar-refractivity contribution is -0.131. The highest BCUT2D eigenvalue weighted by molar-refractivity contribution is 7.99. The van der Waals surface area contributed by atoms with E-state index in [9.17, 15) is 4.79 Å². The van der Waals surface area contributed by atoms with Crippen LogP contribution in [0.25, 0.3) is 0 Å². The molecule has 18 heavy (non-hydrogen) atoms. The minimum absolute atomic E-state index is 0.231. The van der Waals surface area contributed by atoms with Crippen molar-refractivity contribution < 1.29 is 4.79 Å². The van der Waals surface area contributed by atoms with Gasteiger partial charge in [-0.3, -0.25) is 4.79 Å². The van der Waals surface area contributed by atoms with Crippen molar-refractivity contribution in [2.75, 3.05) is 12.8 Å². The fraction of sp³-hybridized carbons (Fsp3) is 0.929. The zero-order valence-electron chi connectivity index (χ0n) is 11.4. The smallest absolute Gasteiger partial charge is 0.227 e. The summed E-state index contributed by atoms with van der Waals surface area (Å²) >= 11 is 1.94. The van der Waals surface area contributed by atoms with Gasteiger partial charge in [0.1, 0.15) is 0 Å². The molecule has 0 heterocycles. The van der Waals surface area contributed by atoms with Gasteiger partial charge < -0.3 is 11.1 Å². The van der Waals surface area contributed by atoms with Crippen LogP contribution in [0.5, 0.6) is 0 Å². The molecule has 0 aliphatic heterocycles. The molecule has 3 N–H and O–H groups in total.